The number of ether oxygens (including phenoxy) is 1. The van der Waals surface area contributed by atoms with Gasteiger partial charge in [-0.25, -0.2) is 12.8 Å². The molecule has 0 saturated carbocycles. The lowest BCUT2D eigenvalue weighted by Gasteiger charge is -2.26. The zero-order valence-corrected chi connectivity index (χ0v) is 14.3. The molecule has 0 spiro atoms. The van der Waals surface area contributed by atoms with Crippen molar-refractivity contribution in [3.63, 3.8) is 0 Å². The van der Waals surface area contributed by atoms with Gasteiger partial charge in [0.15, 0.2) is 11.6 Å². The van der Waals surface area contributed by atoms with Crippen molar-refractivity contribution in [2.24, 2.45) is 0 Å². The van der Waals surface area contributed by atoms with Crippen LogP contribution in [0.25, 0.3) is 0 Å². The number of methoxy groups -OCH3 is 1. The SMILES string of the molecule is COc1ccc(S(=O)(=O)N(CCNC(C)=O)C(C)C(=O)O)cc1F. The second-order valence-electron chi connectivity index (χ2n) is 4.91. The standard InChI is InChI=1S/C14H19FN2O6S/c1-9(14(19)20)17(7-6-16-10(2)18)24(21,22)11-4-5-13(23-3)12(15)8-11/h4-5,8-9H,6-7H2,1-3H3,(H,16,18)(H,19,20). The van der Waals surface area contributed by atoms with Gasteiger partial charge in [-0.05, 0) is 25.1 Å². The van der Waals surface area contributed by atoms with E-state index in [0.29, 0.717) is 4.31 Å². The molecule has 1 amide bonds. The van der Waals surface area contributed by atoms with Crippen molar-refractivity contribution < 1.29 is 32.2 Å². The second-order valence-corrected chi connectivity index (χ2v) is 6.80. The lowest BCUT2D eigenvalue weighted by Crippen LogP contribution is -2.46. The number of carbonyl (C=O) groups excluding carboxylic acids is 1. The Morgan fingerprint density at radius 1 is 1.42 bits per heavy atom. The van der Waals surface area contributed by atoms with Gasteiger partial charge >= 0.3 is 5.97 Å². The van der Waals surface area contributed by atoms with Crippen LogP contribution >= 0.6 is 0 Å². The van der Waals surface area contributed by atoms with Gasteiger partial charge in [-0.1, -0.05) is 0 Å². The Hall–Kier alpha value is -2.20. The van der Waals surface area contributed by atoms with Crippen LogP contribution in [0.5, 0.6) is 5.75 Å². The summed E-state index contributed by atoms with van der Waals surface area (Å²) in [6.45, 7) is 2.08. The molecule has 0 radical (unpaired) electrons. The number of hydrogen-bond acceptors (Lipinski definition) is 5. The smallest absolute Gasteiger partial charge is 0.321 e. The third kappa shape index (κ3) is 4.65. The molecule has 1 rings (SSSR count). The fourth-order valence-corrected chi connectivity index (χ4v) is 3.53. The molecule has 10 heteroatoms. The van der Waals surface area contributed by atoms with Crippen molar-refractivity contribution in [2.75, 3.05) is 20.2 Å². The highest BCUT2D eigenvalue weighted by Gasteiger charge is 2.33. The monoisotopic (exact) mass is 362 g/mol. The molecule has 1 unspecified atom stereocenters. The summed E-state index contributed by atoms with van der Waals surface area (Å²) < 4.78 is 44.5. The zero-order chi connectivity index (χ0) is 18.5. The molecule has 8 nitrogen and oxygen atoms in total. The highest BCUT2D eigenvalue weighted by molar-refractivity contribution is 7.89. The third-order valence-electron chi connectivity index (χ3n) is 3.23. The van der Waals surface area contributed by atoms with Crippen LogP contribution in [-0.2, 0) is 19.6 Å². The number of carboxylic acids is 1. The highest BCUT2D eigenvalue weighted by atomic mass is 32.2. The molecule has 134 valence electrons. The molecule has 24 heavy (non-hydrogen) atoms. The molecule has 0 fully saturated rings. The van der Waals surface area contributed by atoms with E-state index in [2.05, 4.69) is 5.32 Å². The number of aliphatic carboxylic acids is 1. The summed E-state index contributed by atoms with van der Waals surface area (Å²) in [5, 5.41) is 11.5. The fraction of sp³-hybridized carbons (Fsp3) is 0.429. The number of carbonyl (C=O) groups is 2. The summed E-state index contributed by atoms with van der Waals surface area (Å²) in [5.41, 5.74) is 0. The maximum Gasteiger partial charge on any atom is 0.321 e. The zero-order valence-electron chi connectivity index (χ0n) is 13.4. The average molecular weight is 362 g/mol. The van der Waals surface area contributed by atoms with Crippen molar-refractivity contribution in [1.29, 1.82) is 0 Å². The summed E-state index contributed by atoms with van der Waals surface area (Å²) in [5.74, 6) is -2.77. The highest BCUT2D eigenvalue weighted by Crippen LogP contribution is 2.24. The molecule has 2 N–H and O–H groups in total. The van der Waals surface area contributed by atoms with Crippen molar-refractivity contribution in [3.05, 3.63) is 24.0 Å². The number of amides is 1. The molecule has 0 aliphatic rings. The van der Waals surface area contributed by atoms with Crippen LogP contribution in [0.15, 0.2) is 23.1 Å². The van der Waals surface area contributed by atoms with E-state index >= 15 is 0 Å². The summed E-state index contributed by atoms with van der Waals surface area (Å²) in [4.78, 5) is 21.7. The van der Waals surface area contributed by atoms with Crippen molar-refractivity contribution in [3.8, 4) is 5.75 Å². The van der Waals surface area contributed by atoms with E-state index in [0.717, 1.165) is 18.2 Å². The summed E-state index contributed by atoms with van der Waals surface area (Å²) in [6.07, 6.45) is 0. The predicted molar refractivity (Wildman–Crippen MR) is 82.6 cm³/mol. The van der Waals surface area contributed by atoms with E-state index in [4.69, 9.17) is 9.84 Å². The van der Waals surface area contributed by atoms with Gasteiger partial charge in [0.25, 0.3) is 0 Å². The van der Waals surface area contributed by atoms with Crippen LogP contribution in [0.4, 0.5) is 4.39 Å². The van der Waals surface area contributed by atoms with E-state index in [1.807, 2.05) is 0 Å². The van der Waals surface area contributed by atoms with E-state index in [-0.39, 0.29) is 24.7 Å². The van der Waals surface area contributed by atoms with Crippen LogP contribution in [0.2, 0.25) is 0 Å². The molecule has 1 aromatic carbocycles. The van der Waals surface area contributed by atoms with Crippen LogP contribution < -0.4 is 10.1 Å². The first-order chi connectivity index (χ1) is 11.1. The minimum Gasteiger partial charge on any atom is -0.494 e. The van der Waals surface area contributed by atoms with Gasteiger partial charge in [-0.2, -0.15) is 4.31 Å². The number of benzene rings is 1. The molecule has 1 aromatic rings. The van der Waals surface area contributed by atoms with Gasteiger partial charge in [0.2, 0.25) is 15.9 Å². The normalized spacial score (nSPS) is 12.7. The molecular formula is C14H19FN2O6S. The van der Waals surface area contributed by atoms with Crippen molar-refractivity contribution in [1.82, 2.24) is 9.62 Å². The summed E-state index contributed by atoms with van der Waals surface area (Å²) >= 11 is 0. The molecule has 1 atom stereocenters. The number of rotatable bonds is 8. The van der Waals surface area contributed by atoms with Crippen LogP contribution in [0, 0.1) is 5.82 Å². The Morgan fingerprint density at radius 2 is 2.04 bits per heavy atom. The van der Waals surface area contributed by atoms with Crippen molar-refractivity contribution >= 4 is 21.9 Å². The van der Waals surface area contributed by atoms with Crippen LogP contribution in [0.3, 0.4) is 0 Å². The maximum absolute atomic E-state index is 13.8. The Balaban J connectivity index is 3.20. The number of nitrogens with one attached hydrogen (secondary N) is 1. The van der Waals surface area contributed by atoms with E-state index in [1.54, 1.807) is 0 Å². The first-order valence-electron chi connectivity index (χ1n) is 6.94. The molecule has 0 aliphatic heterocycles. The van der Waals surface area contributed by atoms with Gasteiger partial charge in [0.1, 0.15) is 6.04 Å². The summed E-state index contributed by atoms with van der Waals surface area (Å²) in [6, 6.07) is 1.62. The van der Waals surface area contributed by atoms with E-state index in [1.165, 1.54) is 21.0 Å². The number of nitrogens with zero attached hydrogens (tertiary/aromatic N) is 1. The van der Waals surface area contributed by atoms with Crippen molar-refractivity contribution in [2.45, 2.75) is 24.8 Å². The van der Waals surface area contributed by atoms with Crippen LogP contribution in [-0.4, -0.2) is 55.9 Å². The first-order valence-corrected chi connectivity index (χ1v) is 8.38. The van der Waals surface area contributed by atoms with E-state index in [9.17, 15) is 22.4 Å². The molecule has 0 bridgehead atoms. The Bertz CT molecular complexity index is 722. The minimum atomic E-state index is -4.29. The van der Waals surface area contributed by atoms with Gasteiger partial charge in [0.05, 0.1) is 12.0 Å². The molecule has 0 aromatic heterocycles. The lowest BCUT2D eigenvalue weighted by molar-refractivity contribution is -0.140. The largest absolute Gasteiger partial charge is 0.494 e. The number of carboxylic acid groups (broad SMARTS) is 1. The van der Waals surface area contributed by atoms with Crippen LogP contribution in [0.1, 0.15) is 13.8 Å². The second kappa shape index (κ2) is 8.06. The van der Waals surface area contributed by atoms with Gasteiger partial charge in [-0.3, -0.25) is 9.59 Å². The Labute approximate surface area is 139 Å². The van der Waals surface area contributed by atoms with E-state index < -0.39 is 32.7 Å². The predicted octanol–water partition coefficient (Wildman–Crippen LogP) is 0.434. The summed E-state index contributed by atoms with van der Waals surface area (Å²) in [7, 11) is -3.05. The third-order valence-corrected chi connectivity index (χ3v) is 5.19. The Morgan fingerprint density at radius 3 is 2.50 bits per heavy atom. The molecular weight excluding hydrogens is 343 g/mol. The van der Waals surface area contributed by atoms with Gasteiger partial charge < -0.3 is 15.2 Å². The fourth-order valence-electron chi connectivity index (χ4n) is 1.93. The Kier molecular flexibility index (Phi) is 6.67. The first kappa shape index (κ1) is 19.8. The molecule has 0 heterocycles. The topological polar surface area (TPSA) is 113 Å². The number of hydrogen-bond donors (Lipinski definition) is 2. The lowest BCUT2D eigenvalue weighted by atomic mass is 10.3. The van der Waals surface area contributed by atoms with Gasteiger partial charge in [-0.15, -0.1) is 0 Å². The number of sulfonamides is 1. The minimum absolute atomic E-state index is 0.0786. The quantitative estimate of drug-likeness (QED) is 0.694. The molecule has 0 aliphatic carbocycles. The maximum atomic E-state index is 13.8. The average Bonchev–Trinajstić information content (AvgIpc) is 2.50. The number of halogens is 1. The van der Waals surface area contributed by atoms with Gasteiger partial charge in [0, 0.05) is 20.0 Å². The molecule has 0 saturated heterocycles.